The summed E-state index contributed by atoms with van der Waals surface area (Å²) < 4.78 is 68.3. The monoisotopic (exact) mass is 1260 g/mol. The lowest BCUT2D eigenvalue weighted by Crippen LogP contribution is -2.71. The first-order valence-corrected chi connectivity index (χ1v) is 27.0. The highest BCUT2D eigenvalue weighted by atomic mass is 16.8. The fourth-order valence-corrected chi connectivity index (χ4v) is 10.6. The van der Waals surface area contributed by atoms with Crippen molar-refractivity contribution in [3.05, 3.63) is 0 Å². The van der Waals surface area contributed by atoms with Crippen LogP contribution in [0.1, 0.15) is 20.3 Å². The molecule has 6 fully saturated rings. The van der Waals surface area contributed by atoms with Crippen LogP contribution in [-0.4, -0.2) is 375 Å². The number of aliphatic hydroxyl groups is 19. The number of nitrogens with one attached hydrogen (secondary N) is 3. The molecule has 6 aliphatic rings. The number of carbonyl (C=O) groups is 4. The summed E-state index contributed by atoms with van der Waals surface area (Å²) in [6.07, 6.45) is -58.6. The fraction of sp³-hybridized carbons (Fsp3) is 0.915. The van der Waals surface area contributed by atoms with Crippen LogP contribution in [0.15, 0.2) is 0 Å². The summed E-state index contributed by atoms with van der Waals surface area (Å²) in [7, 11) is 0. The zero-order valence-electron chi connectivity index (χ0n) is 45.8. The molecule has 0 bridgehead atoms. The Morgan fingerprint density at radius 2 is 0.942 bits per heavy atom. The van der Waals surface area contributed by atoms with Crippen molar-refractivity contribution in [3.63, 3.8) is 0 Å². The molecule has 0 unspecified atom stereocenters. The highest BCUT2D eigenvalue weighted by molar-refractivity contribution is 5.76. The summed E-state index contributed by atoms with van der Waals surface area (Å²) in [5.41, 5.74) is 0. The van der Waals surface area contributed by atoms with Gasteiger partial charge in [0.2, 0.25) is 18.2 Å². The summed E-state index contributed by atoms with van der Waals surface area (Å²) in [5.74, 6) is -7.08. The summed E-state index contributed by atoms with van der Waals surface area (Å²) >= 11 is 0. The molecule has 6 heterocycles. The third kappa shape index (κ3) is 15.8. The zero-order valence-corrected chi connectivity index (χ0v) is 45.8. The van der Waals surface area contributed by atoms with Gasteiger partial charge in [0.25, 0.3) is 5.79 Å². The van der Waals surface area contributed by atoms with Crippen molar-refractivity contribution in [1.29, 1.82) is 0 Å². The smallest absolute Gasteiger partial charge is 0.364 e. The molecule has 0 aromatic heterocycles. The molecule has 39 heteroatoms. The molecule has 39 nitrogen and oxygen atoms in total. The number of rotatable bonds is 27. The van der Waals surface area contributed by atoms with E-state index in [2.05, 4.69) is 16.0 Å². The van der Waals surface area contributed by atoms with E-state index in [0.717, 1.165) is 13.8 Å². The van der Waals surface area contributed by atoms with Crippen molar-refractivity contribution in [2.24, 2.45) is 0 Å². The largest absolute Gasteiger partial charge is 0.477 e. The minimum atomic E-state index is -3.23. The highest BCUT2D eigenvalue weighted by Crippen LogP contribution is 2.40. The van der Waals surface area contributed by atoms with Gasteiger partial charge in [-0.2, -0.15) is 0 Å². The first-order valence-electron chi connectivity index (χ1n) is 27.0. The first kappa shape index (κ1) is 71.7. The second-order valence-corrected chi connectivity index (χ2v) is 21.1. The van der Waals surface area contributed by atoms with Gasteiger partial charge in [-0.05, 0) is 0 Å². The molecule has 32 atom stereocenters. The number of ether oxygens (including phenoxy) is 12. The van der Waals surface area contributed by atoms with Crippen molar-refractivity contribution in [1.82, 2.24) is 16.0 Å². The fourth-order valence-electron chi connectivity index (χ4n) is 10.6. The molecule has 0 saturated carbocycles. The SMILES string of the molecule is CC(=O)N[C@H]1[C@H](O[C@H]2[C@@H](O)[C@@H](CO)O[C@@H](O[C@H]3[C@H](O)[C@@H](O)[C@H](OC[C@@H](CO)NC=O)O[C@@H]3CO)[C@@H]2O)O[C@H](CO)[C@@H](O[C@@H]2O[C@H](CO)[C@H](O)[C@H](O[C@@H]3O[C@H](CO)[C@H](O)[C@H](O[C@]4(C(=O)O)C[C@H](O)[C@@H](NC(C)=O)[C@H]([C@H](O)[C@H](O)CO)O4)[C@H]3O)[C@H]2O)[C@@H]1O. The van der Waals surface area contributed by atoms with E-state index in [1.165, 1.54) is 0 Å². The summed E-state index contributed by atoms with van der Waals surface area (Å²) in [5, 5.41) is 223. The Balaban J connectivity index is 1.21. The van der Waals surface area contributed by atoms with E-state index in [1.807, 2.05) is 0 Å². The second-order valence-electron chi connectivity index (χ2n) is 21.1. The standard InChI is InChI=1S/C47H79N3O36/c1-13(59)49-23-16(61)3-47(46(73)74,85-37(23)25(63)17(62)5-52)86-40-28(66)20(8-55)78-45(34(40)72)84-39-27(65)19(7-54)76-43(33(39)71)81-35-21(9-56)79-41(24(29(35)67)50-14(2)60)83-38-26(64)18(6-53)77-44(32(38)70)82-36-22(10-57)80-42(31(69)30(36)68)75-11-15(4-51)48-12-58/h12,15-45,51-57,61-72H,3-11H2,1-2H3,(H,48,58)(H,49,59)(H,50,60)(H,73,74)/t15-,16+,17-,18-,19-,20-,21-,22-,23-,24-,25-,26+,27+,28+,29-,30-,31-,32-,33-,34-,35-,36-,37-,38+,39+,40+,41+,42-,43+,44+,45+,47+/m1/s1. The van der Waals surface area contributed by atoms with Gasteiger partial charge < -0.3 is 175 Å². The molecular formula is C47H79N3O36. The van der Waals surface area contributed by atoms with Gasteiger partial charge in [-0.1, -0.05) is 0 Å². The number of carbonyl (C=O) groups excluding carboxylic acids is 3. The van der Waals surface area contributed by atoms with E-state index >= 15 is 0 Å². The molecule has 0 radical (unpaired) electrons. The van der Waals surface area contributed by atoms with Gasteiger partial charge in [0, 0.05) is 20.3 Å². The lowest BCUT2D eigenvalue weighted by atomic mass is 9.88. The van der Waals surface area contributed by atoms with Gasteiger partial charge in [-0.25, -0.2) is 4.79 Å². The Morgan fingerprint density at radius 1 is 0.523 bits per heavy atom. The van der Waals surface area contributed by atoms with Crippen LogP contribution in [-0.2, 0) is 76.0 Å². The second kappa shape index (κ2) is 31.6. The van der Waals surface area contributed by atoms with Crippen molar-refractivity contribution in [2.45, 2.75) is 216 Å². The van der Waals surface area contributed by atoms with E-state index in [0.29, 0.717) is 0 Å². The van der Waals surface area contributed by atoms with Gasteiger partial charge in [-0.15, -0.1) is 0 Å². The van der Waals surface area contributed by atoms with Gasteiger partial charge in [0.05, 0.1) is 71.0 Å². The third-order valence-electron chi connectivity index (χ3n) is 15.2. The molecule has 86 heavy (non-hydrogen) atoms. The predicted octanol–water partition coefficient (Wildman–Crippen LogP) is -15.5. The Kier molecular flexibility index (Phi) is 26.3. The Morgan fingerprint density at radius 3 is 1.38 bits per heavy atom. The minimum Gasteiger partial charge on any atom is -0.477 e. The predicted molar refractivity (Wildman–Crippen MR) is 263 cm³/mol. The number of amides is 3. The van der Waals surface area contributed by atoms with E-state index in [-0.39, 0.29) is 6.41 Å². The summed E-state index contributed by atoms with van der Waals surface area (Å²) in [6.45, 7) is -5.67. The number of carboxylic acids is 1. The van der Waals surface area contributed by atoms with Gasteiger partial charge in [0.1, 0.15) is 140 Å². The van der Waals surface area contributed by atoms with Crippen molar-refractivity contribution < 1.29 is 178 Å². The van der Waals surface area contributed by atoms with Crippen LogP contribution in [0.2, 0.25) is 0 Å². The Bertz CT molecular complexity index is 2150. The van der Waals surface area contributed by atoms with E-state index in [4.69, 9.17) is 56.8 Å². The minimum absolute atomic E-state index is 0.263. The molecule has 0 aliphatic carbocycles. The number of hydrogen-bond donors (Lipinski definition) is 23. The quantitative estimate of drug-likeness (QED) is 0.0340. The average Bonchev–Trinajstić information content (AvgIpc) is 0.864. The van der Waals surface area contributed by atoms with E-state index < -0.39 is 273 Å². The van der Waals surface area contributed by atoms with Crippen LogP contribution in [0.4, 0.5) is 0 Å². The summed E-state index contributed by atoms with van der Waals surface area (Å²) in [6, 6.07) is -4.54. The van der Waals surface area contributed by atoms with Crippen molar-refractivity contribution in [2.75, 3.05) is 52.9 Å². The third-order valence-corrected chi connectivity index (χ3v) is 15.2. The zero-order chi connectivity index (χ0) is 63.8. The normalized spacial score (nSPS) is 45.0. The number of aliphatic carboxylic acids is 1. The number of hydrogen-bond acceptors (Lipinski definition) is 35. The maximum absolute atomic E-state index is 13.0. The van der Waals surface area contributed by atoms with Crippen LogP contribution in [0, 0.1) is 0 Å². The molecule has 6 rings (SSSR count). The van der Waals surface area contributed by atoms with Gasteiger partial charge in [0.15, 0.2) is 31.5 Å². The maximum Gasteiger partial charge on any atom is 0.364 e. The molecule has 6 aliphatic heterocycles. The molecule has 498 valence electrons. The Labute approximate surface area is 486 Å². The topological polar surface area (TPSA) is 620 Å². The number of aliphatic hydroxyl groups excluding tert-OH is 19. The van der Waals surface area contributed by atoms with Crippen LogP contribution in [0.5, 0.6) is 0 Å². The van der Waals surface area contributed by atoms with Gasteiger partial charge in [-0.3, -0.25) is 14.4 Å². The van der Waals surface area contributed by atoms with Crippen LogP contribution in [0.3, 0.4) is 0 Å². The molecule has 3 amide bonds. The Hall–Kier alpha value is -3.36. The van der Waals surface area contributed by atoms with Gasteiger partial charge >= 0.3 is 5.97 Å². The molecule has 0 aromatic carbocycles. The maximum atomic E-state index is 13.0. The molecule has 0 spiro atoms. The molecule has 6 saturated heterocycles. The van der Waals surface area contributed by atoms with Crippen LogP contribution >= 0.6 is 0 Å². The van der Waals surface area contributed by atoms with E-state index in [1.54, 1.807) is 0 Å². The highest BCUT2D eigenvalue weighted by Gasteiger charge is 2.62. The average molecular weight is 1260 g/mol. The van der Waals surface area contributed by atoms with Crippen molar-refractivity contribution >= 4 is 24.2 Å². The molecule has 23 N–H and O–H groups in total. The summed E-state index contributed by atoms with van der Waals surface area (Å²) in [4.78, 5) is 48.7. The van der Waals surface area contributed by atoms with E-state index in [9.17, 15) is 121 Å². The lowest BCUT2D eigenvalue weighted by Gasteiger charge is -2.51. The molecular weight excluding hydrogens is 1180 g/mol. The molecule has 0 aromatic rings. The van der Waals surface area contributed by atoms with Crippen LogP contribution < -0.4 is 16.0 Å². The number of carboxylic acid groups (broad SMARTS) is 1. The first-order chi connectivity index (χ1) is 40.7. The van der Waals surface area contributed by atoms with Crippen LogP contribution in [0.25, 0.3) is 0 Å². The lowest BCUT2D eigenvalue weighted by molar-refractivity contribution is -0.395. The van der Waals surface area contributed by atoms with Crippen molar-refractivity contribution in [3.8, 4) is 0 Å².